The number of aryl methyl sites for hydroxylation is 1. The van der Waals surface area contributed by atoms with Crippen LogP contribution in [0.3, 0.4) is 0 Å². The van der Waals surface area contributed by atoms with E-state index < -0.39 is 6.04 Å². The van der Waals surface area contributed by atoms with Gasteiger partial charge in [0, 0.05) is 0 Å². The molecule has 0 spiro atoms. The normalized spacial score (nSPS) is 15.8. The molecule has 0 aliphatic rings. The Morgan fingerprint density at radius 3 is 2.33 bits per heavy atom. The Kier molecular flexibility index (Phi) is 5.35. The van der Waals surface area contributed by atoms with E-state index in [1.165, 1.54) is 5.56 Å². The first kappa shape index (κ1) is 14.7. The fourth-order valence-electron chi connectivity index (χ4n) is 1.76. The molecule has 0 bridgehead atoms. The minimum absolute atomic E-state index is 0.00629. The number of amides is 1. The van der Waals surface area contributed by atoms with E-state index in [4.69, 9.17) is 5.73 Å². The molecule has 3 heteroatoms. The highest BCUT2D eigenvalue weighted by Crippen LogP contribution is 2.14. The molecule has 0 fully saturated rings. The van der Waals surface area contributed by atoms with E-state index in [2.05, 4.69) is 5.32 Å². The van der Waals surface area contributed by atoms with Crippen molar-refractivity contribution in [1.82, 2.24) is 5.32 Å². The van der Waals surface area contributed by atoms with Crippen molar-refractivity contribution in [3.8, 4) is 0 Å². The molecule has 0 aromatic heterocycles. The zero-order valence-corrected chi connectivity index (χ0v) is 11.7. The summed E-state index contributed by atoms with van der Waals surface area (Å²) in [5.74, 6) is 0.132. The fourth-order valence-corrected chi connectivity index (χ4v) is 1.76. The van der Waals surface area contributed by atoms with Gasteiger partial charge in [-0.1, -0.05) is 50.1 Å². The molecule has 100 valence electrons. The summed E-state index contributed by atoms with van der Waals surface area (Å²) in [6.07, 6.45) is 0.910. The van der Waals surface area contributed by atoms with E-state index >= 15 is 0 Å². The number of benzene rings is 1. The van der Waals surface area contributed by atoms with Crippen LogP contribution in [-0.4, -0.2) is 11.9 Å². The first-order valence-electron chi connectivity index (χ1n) is 6.58. The Labute approximate surface area is 110 Å². The quantitative estimate of drug-likeness (QED) is 0.841. The van der Waals surface area contributed by atoms with Crippen LogP contribution in [0.4, 0.5) is 0 Å². The predicted octanol–water partition coefficient (Wildman–Crippen LogP) is 2.55. The SMILES string of the molecule is CC[C@H](C)[C@H](N)C(=O)NC(C)c1ccc(C)cc1. The third-order valence-corrected chi connectivity index (χ3v) is 3.50. The van der Waals surface area contributed by atoms with Crippen LogP contribution in [0.5, 0.6) is 0 Å². The number of hydrogen-bond donors (Lipinski definition) is 2. The van der Waals surface area contributed by atoms with Gasteiger partial charge < -0.3 is 11.1 Å². The number of carbonyl (C=O) groups excluding carboxylic acids is 1. The van der Waals surface area contributed by atoms with Gasteiger partial charge in [-0.3, -0.25) is 4.79 Å². The molecule has 0 saturated carbocycles. The van der Waals surface area contributed by atoms with Crippen LogP contribution < -0.4 is 11.1 Å². The molecule has 0 heterocycles. The molecule has 1 aromatic rings. The molecule has 3 nitrogen and oxygen atoms in total. The number of rotatable bonds is 5. The average molecular weight is 248 g/mol. The Hall–Kier alpha value is -1.35. The van der Waals surface area contributed by atoms with E-state index in [1.54, 1.807) is 0 Å². The lowest BCUT2D eigenvalue weighted by Gasteiger charge is -2.21. The minimum atomic E-state index is -0.428. The van der Waals surface area contributed by atoms with E-state index in [0.717, 1.165) is 12.0 Å². The van der Waals surface area contributed by atoms with Crippen molar-refractivity contribution in [2.45, 2.75) is 46.2 Å². The van der Waals surface area contributed by atoms with Crippen molar-refractivity contribution in [1.29, 1.82) is 0 Å². The maximum Gasteiger partial charge on any atom is 0.237 e. The van der Waals surface area contributed by atoms with Gasteiger partial charge in [0.05, 0.1) is 12.1 Å². The van der Waals surface area contributed by atoms with Gasteiger partial charge >= 0.3 is 0 Å². The molecular formula is C15H24N2O. The van der Waals surface area contributed by atoms with Crippen molar-refractivity contribution < 1.29 is 4.79 Å². The fraction of sp³-hybridized carbons (Fsp3) is 0.533. The van der Waals surface area contributed by atoms with E-state index in [0.29, 0.717) is 0 Å². The first-order valence-corrected chi connectivity index (χ1v) is 6.58. The lowest BCUT2D eigenvalue weighted by molar-refractivity contribution is -0.124. The summed E-state index contributed by atoms with van der Waals surface area (Å²) in [6, 6.07) is 7.74. The lowest BCUT2D eigenvalue weighted by atomic mass is 9.98. The zero-order valence-electron chi connectivity index (χ0n) is 11.7. The molecule has 1 aromatic carbocycles. The lowest BCUT2D eigenvalue weighted by Crippen LogP contribution is -2.45. The molecule has 0 aliphatic heterocycles. The predicted molar refractivity (Wildman–Crippen MR) is 75.2 cm³/mol. The van der Waals surface area contributed by atoms with Gasteiger partial charge in [0.15, 0.2) is 0 Å². The van der Waals surface area contributed by atoms with Gasteiger partial charge in [-0.25, -0.2) is 0 Å². The second-order valence-corrected chi connectivity index (χ2v) is 5.05. The molecule has 0 aliphatic carbocycles. The molecule has 0 radical (unpaired) electrons. The van der Waals surface area contributed by atoms with Crippen LogP contribution in [0.2, 0.25) is 0 Å². The largest absolute Gasteiger partial charge is 0.348 e. The molecule has 3 N–H and O–H groups in total. The minimum Gasteiger partial charge on any atom is -0.348 e. The molecular weight excluding hydrogens is 224 g/mol. The monoisotopic (exact) mass is 248 g/mol. The Morgan fingerprint density at radius 1 is 1.28 bits per heavy atom. The van der Waals surface area contributed by atoms with E-state index in [1.807, 2.05) is 52.0 Å². The summed E-state index contributed by atoms with van der Waals surface area (Å²) in [5, 5.41) is 2.97. The van der Waals surface area contributed by atoms with Crippen LogP contribution >= 0.6 is 0 Å². The van der Waals surface area contributed by atoms with Gasteiger partial charge in [-0.2, -0.15) is 0 Å². The molecule has 1 unspecified atom stereocenters. The molecule has 3 atom stereocenters. The van der Waals surface area contributed by atoms with Crippen LogP contribution in [0.25, 0.3) is 0 Å². The Bertz CT molecular complexity index is 386. The average Bonchev–Trinajstić information content (AvgIpc) is 2.37. The van der Waals surface area contributed by atoms with E-state index in [9.17, 15) is 4.79 Å². The first-order chi connectivity index (χ1) is 8.45. The van der Waals surface area contributed by atoms with Crippen molar-refractivity contribution >= 4 is 5.91 Å². The van der Waals surface area contributed by atoms with Gasteiger partial charge in [-0.15, -0.1) is 0 Å². The maximum absolute atomic E-state index is 12.0. The number of hydrogen-bond acceptors (Lipinski definition) is 2. The van der Waals surface area contributed by atoms with Gasteiger partial charge in [0.2, 0.25) is 5.91 Å². The summed E-state index contributed by atoms with van der Waals surface area (Å²) in [7, 11) is 0. The van der Waals surface area contributed by atoms with Crippen molar-refractivity contribution in [2.24, 2.45) is 11.7 Å². The molecule has 1 amide bonds. The van der Waals surface area contributed by atoms with Gasteiger partial charge in [-0.05, 0) is 25.3 Å². The third kappa shape index (κ3) is 3.84. The molecule has 18 heavy (non-hydrogen) atoms. The highest BCUT2D eigenvalue weighted by molar-refractivity contribution is 5.82. The standard InChI is InChI=1S/C15H24N2O/c1-5-11(3)14(16)15(18)17-12(4)13-8-6-10(2)7-9-13/h6-9,11-12,14H,5,16H2,1-4H3,(H,17,18)/t11-,12?,14-/m0/s1. The second kappa shape index (κ2) is 6.55. The zero-order chi connectivity index (χ0) is 13.7. The van der Waals surface area contributed by atoms with Crippen molar-refractivity contribution in [3.05, 3.63) is 35.4 Å². The Morgan fingerprint density at radius 2 is 1.83 bits per heavy atom. The topological polar surface area (TPSA) is 55.1 Å². The van der Waals surface area contributed by atoms with Crippen molar-refractivity contribution in [2.75, 3.05) is 0 Å². The number of nitrogens with two attached hydrogens (primary N) is 1. The highest BCUT2D eigenvalue weighted by Gasteiger charge is 2.20. The van der Waals surface area contributed by atoms with E-state index in [-0.39, 0.29) is 17.9 Å². The summed E-state index contributed by atoms with van der Waals surface area (Å²) in [4.78, 5) is 12.0. The summed E-state index contributed by atoms with van der Waals surface area (Å²) < 4.78 is 0. The molecule has 1 rings (SSSR count). The van der Waals surface area contributed by atoms with Gasteiger partial charge in [0.1, 0.15) is 0 Å². The summed E-state index contributed by atoms with van der Waals surface area (Å²) >= 11 is 0. The van der Waals surface area contributed by atoms with Crippen molar-refractivity contribution in [3.63, 3.8) is 0 Å². The van der Waals surface area contributed by atoms with Crippen LogP contribution in [-0.2, 0) is 4.79 Å². The van der Waals surface area contributed by atoms with Crippen LogP contribution in [0.15, 0.2) is 24.3 Å². The molecule has 0 saturated heterocycles. The second-order valence-electron chi connectivity index (χ2n) is 5.05. The highest BCUT2D eigenvalue weighted by atomic mass is 16.2. The Balaban J connectivity index is 2.61. The van der Waals surface area contributed by atoms with Crippen LogP contribution in [0.1, 0.15) is 44.4 Å². The summed E-state index contributed by atoms with van der Waals surface area (Å²) in [5.41, 5.74) is 8.23. The third-order valence-electron chi connectivity index (χ3n) is 3.50. The maximum atomic E-state index is 12.0. The summed E-state index contributed by atoms with van der Waals surface area (Å²) in [6.45, 7) is 8.07. The van der Waals surface area contributed by atoms with Gasteiger partial charge in [0.25, 0.3) is 0 Å². The van der Waals surface area contributed by atoms with Crippen LogP contribution in [0, 0.1) is 12.8 Å². The smallest absolute Gasteiger partial charge is 0.237 e. The number of nitrogens with one attached hydrogen (secondary N) is 1. The number of carbonyl (C=O) groups is 1.